The number of hydrogen-bond donors (Lipinski definition) is 2. The molecule has 2 amide bonds. The van der Waals surface area contributed by atoms with E-state index in [0.717, 1.165) is 103 Å². The van der Waals surface area contributed by atoms with Crippen LogP contribution in [0.1, 0.15) is 148 Å². The molecule has 1 atom stereocenters. The van der Waals surface area contributed by atoms with Gasteiger partial charge in [0, 0.05) is 19.3 Å². The Hall–Kier alpha value is -2.71. The molecule has 1 heterocycles. The van der Waals surface area contributed by atoms with Crippen molar-refractivity contribution in [1.29, 1.82) is 0 Å². The summed E-state index contributed by atoms with van der Waals surface area (Å²) in [7, 11) is 0. The molecular weight excluding hydrogens is 514 g/mol. The van der Waals surface area contributed by atoms with Crippen molar-refractivity contribution in [2.75, 3.05) is 0 Å². The number of imide groups is 1. The summed E-state index contributed by atoms with van der Waals surface area (Å²) in [6.45, 7) is 3.73. The van der Waals surface area contributed by atoms with Crippen LogP contribution in [0.5, 0.6) is 0 Å². The average molecular weight is 566 g/mol. The van der Waals surface area contributed by atoms with Gasteiger partial charge in [-0.05, 0) is 32.1 Å². The van der Waals surface area contributed by atoms with Crippen LogP contribution in [0.15, 0.2) is 12.7 Å². The average Bonchev–Trinajstić information content (AvgIpc) is 3.23. The van der Waals surface area contributed by atoms with Gasteiger partial charge in [-0.25, -0.2) is 4.79 Å². The molecule has 0 saturated carbocycles. The monoisotopic (exact) mass is 565 g/mol. The first-order valence-corrected chi connectivity index (χ1v) is 15.4. The fourth-order valence-electron chi connectivity index (χ4n) is 5.17. The minimum Gasteiger partial charge on any atom is -0.481 e. The number of carbonyl (C=O) groups excluding carboxylic acids is 3. The zero-order valence-corrected chi connectivity index (χ0v) is 24.3. The molecule has 1 aliphatic heterocycles. The van der Waals surface area contributed by atoms with Crippen molar-refractivity contribution in [3.63, 3.8) is 0 Å². The molecule has 0 radical (unpaired) electrons. The number of rotatable bonds is 26. The summed E-state index contributed by atoms with van der Waals surface area (Å²) in [6.07, 6.45) is 19.3. The third-order valence-electron chi connectivity index (χ3n) is 7.74. The van der Waals surface area contributed by atoms with E-state index in [1.54, 1.807) is 0 Å². The molecule has 0 aliphatic carbocycles. The molecule has 0 aromatic heterocycles. The van der Waals surface area contributed by atoms with Gasteiger partial charge in [0.2, 0.25) is 0 Å². The third kappa shape index (κ3) is 14.1. The topological polar surface area (TPSA) is 138 Å². The molecule has 1 unspecified atom stereocenters. The van der Waals surface area contributed by atoms with Gasteiger partial charge in [-0.15, -0.1) is 11.6 Å². The van der Waals surface area contributed by atoms with Crippen LogP contribution in [0.4, 0.5) is 0 Å². The number of hydroxylamine groups is 2. The van der Waals surface area contributed by atoms with Gasteiger partial charge in [0.15, 0.2) is 5.41 Å². The second kappa shape index (κ2) is 21.1. The van der Waals surface area contributed by atoms with Crippen molar-refractivity contribution >= 4 is 29.7 Å². The minimum absolute atomic E-state index is 0.0404. The van der Waals surface area contributed by atoms with Crippen LogP contribution in [0.2, 0.25) is 0 Å². The zero-order valence-electron chi connectivity index (χ0n) is 24.3. The van der Waals surface area contributed by atoms with E-state index in [9.17, 15) is 29.1 Å². The molecule has 0 bridgehead atoms. The van der Waals surface area contributed by atoms with Gasteiger partial charge < -0.3 is 15.1 Å². The van der Waals surface area contributed by atoms with E-state index in [1.165, 1.54) is 0 Å². The van der Waals surface area contributed by atoms with Gasteiger partial charge in [0.05, 0.1) is 0 Å². The molecule has 1 aliphatic rings. The standard InChI is InChI=1S/C31H51NO8/c1-2-3-4-5-6-10-13-16-19-24-31(29(37)38,30(39)40-32-26(33)22-23-27(32)34)25-20-17-14-11-8-7-9-12-15-18-21-28(35)36/h2H,1,3-25H2,(H,35,36)(H,37,38). The van der Waals surface area contributed by atoms with Crippen LogP contribution < -0.4 is 0 Å². The van der Waals surface area contributed by atoms with Crippen LogP contribution in [0.3, 0.4) is 0 Å². The van der Waals surface area contributed by atoms with Crippen molar-refractivity contribution in [3.05, 3.63) is 12.7 Å². The van der Waals surface area contributed by atoms with Crippen molar-refractivity contribution in [2.45, 2.75) is 148 Å². The Balaban J connectivity index is 2.52. The number of aliphatic carboxylic acids is 2. The van der Waals surface area contributed by atoms with Crippen LogP contribution in [0, 0.1) is 5.41 Å². The normalized spacial score (nSPS) is 14.8. The molecule has 0 aromatic carbocycles. The molecule has 1 saturated heterocycles. The van der Waals surface area contributed by atoms with Gasteiger partial charge in [0.25, 0.3) is 11.8 Å². The highest BCUT2D eigenvalue weighted by atomic mass is 16.7. The van der Waals surface area contributed by atoms with E-state index < -0.39 is 35.1 Å². The van der Waals surface area contributed by atoms with Crippen molar-refractivity contribution in [2.24, 2.45) is 5.41 Å². The lowest BCUT2D eigenvalue weighted by Gasteiger charge is -2.28. The smallest absolute Gasteiger partial charge is 0.350 e. The van der Waals surface area contributed by atoms with Crippen LogP contribution in [0.25, 0.3) is 0 Å². The summed E-state index contributed by atoms with van der Waals surface area (Å²) < 4.78 is 0. The van der Waals surface area contributed by atoms with E-state index in [0.29, 0.717) is 17.9 Å². The molecule has 9 nitrogen and oxygen atoms in total. The molecule has 0 spiro atoms. The van der Waals surface area contributed by atoms with Gasteiger partial charge >= 0.3 is 17.9 Å². The molecular formula is C31H51NO8. The Labute approximate surface area is 239 Å². The molecule has 40 heavy (non-hydrogen) atoms. The second-order valence-electron chi connectivity index (χ2n) is 11.1. The molecule has 2 N–H and O–H groups in total. The lowest BCUT2D eigenvalue weighted by atomic mass is 9.77. The van der Waals surface area contributed by atoms with Gasteiger partial charge in [0.1, 0.15) is 0 Å². The predicted octanol–water partition coefficient (Wildman–Crippen LogP) is 7.13. The molecule has 228 valence electrons. The van der Waals surface area contributed by atoms with E-state index in [2.05, 4.69) is 6.58 Å². The third-order valence-corrected chi connectivity index (χ3v) is 7.74. The summed E-state index contributed by atoms with van der Waals surface area (Å²) in [6, 6.07) is 0. The van der Waals surface area contributed by atoms with Gasteiger partial charge in [-0.2, -0.15) is 0 Å². The van der Waals surface area contributed by atoms with Crippen LogP contribution >= 0.6 is 0 Å². The van der Waals surface area contributed by atoms with E-state index >= 15 is 0 Å². The summed E-state index contributed by atoms with van der Waals surface area (Å²) >= 11 is 0. The van der Waals surface area contributed by atoms with Crippen LogP contribution in [-0.2, 0) is 28.8 Å². The summed E-state index contributed by atoms with van der Waals surface area (Å²) in [4.78, 5) is 65.3. The largest absolute Gasteiger partial charge is 0.481 e. The van der Waals surface area contributed by atoms with Crippen molar-refractivity contribution in [1.82, 2.24) is 5.06 Å². The fraction of sp³-hybridized carbons (Fsp3) is 0.774. The number of amides is 2. The molecule has 9 heteroatoms. The number of allylic oxidation sites excluding steroid dienone is 1. The zero-order chi connectivity index (χ0) is 29.6. The Morgan fingerprint density at radius 1 is 0.700 bits per heavy atom. The number of carboxylic acid groups (broad SMARTS) is 2. The predicted molar refractivity (Wildman–Crippen MR) is 152 cm³/mol. The first-order valence-electron chi connectivity index (χ1n) is 15.4. The number of unbranched alkanes of at least 4 members (excludes halogenated alkanes) is 16. The second-order valence-corrected chi connectivity index (χ2v) is 11.1. The highest BCUT2D eigenvalue weighted by molar-refractivity contribution is 6.04. The number of nitrogens with zero attached hydrogens (tertiary/aromatic N) is 1. The first kappa shape index (κ1) is 35.3. The Morgan fingerprint density at radius 3 is 1.50 bits per heavy atom. The first-order chi connectivity index (χ1) is 19.2. The lowest BCUT2D eigenvalue weighted by Crippen LogP contribution is -2.45. The van der Waals surface area contributed by atoms with Crippen molar-refractivity contribution in [3.8, 4) is 0 Å². The maximum atomic E-state index is 13.2. The fourth-order valence-corrected chi connectivity index (χ4v) is 5.17. The molecule has 0 aromatic rings. The lowest BCUT2D eigenvalue weighted by molar-refractivity contribution is -0.208. The highest BCUT2D eigenvalue weighted by Crippen LogP contribution is 2.35. The maximum absolute atomic E-state index is 13.2. The quantitative estimate of drug-likeness (QED) is 0.0489. The van der Waals surface area contributed by atoms with Gasteiger partial charge in [-0.1, -0.05) is 102 Å². The number of carboxylic acids is 2. The van der Waals surface area contributed by atoms with Crippen molar-refractivity contribution < 1.29 is 39.0 Å². The Kier molecular flexibility index (Phi) is 18.6. The van der Waals surface area contributed by atoms with E-state index in [4.69, 9.17) is 9.94 Å². The van der Waals surface area contributed by atoms with E-state index in [1.807, 2.05) is 6.08 Å². The van der Waals surface area contributed by atoms with Gasteiger partial charge in [-0.3, -0.25) is 19.2 Å². The maximum Gasteiger partial charge on any atom is 0.350 e. The number of hydrogen-bond acceptors (Lipinski definition) is 6. The molecule has 1 fully saturated rings. The Morgan fingerprint density at radius 2 is 1.10 bits per heavy atom. The summed E-state index contributed by atoms with van der Waals surface area (Å²) in [5, 5.41) is 19.3. The SMILES string of the molecule is C=CCCCCCCCCCC(CCCCCCCCCCCCC(=O)O)(C(=O)O)C(=O)ON1C(=O)CCC1=O. The summed E-state index contributed by atoms with van der Waals surface area (Å²) in [5.41, 5.74) is -1.77. The van der Waals surface area contributed by atoms with Crippen LogP contribution in [-0.4, -0.2) is 45.0 Å². The highest BCUT2D eigenvalue weighted by Gasteiger charge is 2.49. The molecule has 1 rings (SSSR count). The minimum atomic E-state index is -1.77. The number of carbonyl (C=O) groups is 5. The summed E-state index contributed by atoms with van der Waals surface area (Å²) in [5.74, 6) is -4.25. The Bertz CT molecular complexity index is 795. The van der Waals surface area contributed by atoms with E-state index in [-0.39, 0.29) is 32.1 Å².